The standard InChI is InChI=1S/C19H16FNO4/c1-11-15-9-13(5-6-16(15)21-19(11)24)17(22)10-25-18(23)8-12-3-2-4-14(20)7-12/h2-7,9,11H,8,10H2,1H3,(H,21,24)/t11-/m1/s1. The smallest absolute Gasteiger partial charge is 0.310 e. The van der Waals surface area contributed by atoms with Gasteiger partial charge in [-0.05, 0) is 48.4 Å². The van der Waals surface area contributed by atoms with Gasteiger partial charge in [0.15, 0.2) is 12.4 Å². The molecule has 128 valence electrons. The second-order valence-electron chi connectivity index (χ2n) is 5.90. The average molecular weight is 341 g/mol. The van der Waals surface area contributed by atoms with E-state index >= 15 is 0 Å². The number of Topliss-reactive ketones (excluding diaryl/α,β-unsaturated/α-hetero) is 1. The Morgan fingerprint density at radius 1 is 1.20 bits per heavy atom. The van der Waals surface area contributed by atoms with Gasteiger partial charge in [0.1, 0.15) is 5.82 Å². The zero-order valence-electron chi connectivity index (χ0n) is 13.5. The molecule has 0 bridgehead atoms. The van der Waals surface area contributed by atoms with Crippen LogP contribution in [0.25, 0.3) is 0 Å². The van der Waals surface area contributed by atoms with Crippen LogP contribution in [-0.2, 0) is 20.7 Å². The van der Waals surface area contributed by atoms with Gasteiger partial charge in [0.2, 0.25) is 5.91 Å². The highest BCUT2D eigenvalue weighted by Crippen LogP contribution is 2.32. The highest BCUT2D eigenvalue weighted by molar-refractivity contribution is 6.05. The third-order valence-electron chi connectivity index (χ3n) is 4.09. The molecule has 6 heteroatoms. The number of carbonyl (C=O) groups is 3. The number of hydrogen-bond donors (Lipinski definition) is 1. The highest BCUT2D eigenvalue weighted by Gasteiger charge is 2.27. The van der Waals surface area contributed by atoms with E-state index in [0.29, 0.717) is 16.8 Å². The fourth-order valence-corrected chi connectivity index (χ4v) is 2.68. The average Bonchev–Trinajstić information content (AvgIpc) is 2.87. The zero-order valence-corrected chi connectivity index (χ0v) is 13.5. The van der Waals surface area contributed by atoms with Crippen molar-refractivity contribution in [2.24, 2.45) is 0 Å². The summed E-state index contributed by atoms with van der Waals surface area (Å²) in [4.78, 5) is 35.6. The van der Waals surface area contributed by atoms with E-state index in [9.17, 15) is 18.8 Å². The number of amides is 1. The van der Waals surface area contributed by atoms with Crippen LogP contribution in [-0.4, -0.2) is 24.3 Å². The van der Waals surface area contributed by atoms with Gasteiger partial charge in [0, 0.05) is 11.3 Å². The maximum absolute atomic E-state index is 13.1. The van der Waals surface area contributed by atoms with E-state index in [-0.39, 0.29) is 24.0 Å². The van der Waals surface area contributed by atoms with Crippen molar-refractivity contribution >= 4 is 23.3 Å². The number of anilines is 1. The molecule has 0 radical (unpaired) electrons. The van der Waals surface area contributed by atoms with Gasteiger partial charge in [-0.2, -0.15) is 0 Å². The highest BCUT2D eigenvalue weighted by atomic mass is 19.1. The minimum absolute atomic E-state index is 0.106. The molecule has 3 rings (SSSR count). The summed E-state index contributed by atoms with van der Waals surface area (Å²) in [5, 5.41) is 2.73. The molecule has 2 aromatic carbocycles. The summed E-state index contributed by atoms with van der Waals surface area (Å²) in [5.41, 5.74) is 2.30. The molecule has 1 aliphatic rings. The van der Waals surface area contributed by atoms with Crippen molar-refractivity contribution in [1.29, 1.82) is 0 Å². The van der Waals surface area contributed by atoms with Crippen molar-refractivity contribution in [3.05, 3.63) is 65.0 Å². The summed E-state index contributed by atoms with van der Waals surface area (Å²) in [5.74, 6) is -1.83. The summed E-state index contributed by atoms with van der Waals surface area (Å²) in [7, 11) is 0. The number of halogens is 1. The van der Waals surface area contributed by atoms with Crippen LogP contribution in [0.1, 0.15) is 34.3 Å². The third kappa shape index (κ3) is 3.74. The molecule has 0 aliphatic carbocycles. The molecular weight excluding hydrogens is 325 g/mol. The summed E-state index contributed by atoms with van der Waals surface area (Å²) in [6.07, 6.45) is -0.106. The molecule has 0 aromatic heterocycles. The zero-order chi connectivity index (χ0) is 18.0. The number of esters is 1. The largest absolute Gasteiger partial charge is 0.457 e. The fraction of sp³-hybridized carbons (Fsp3) is 0.211. The van der Waals surface area contributed by atoms with Crippen LogP contribution in [0.3, 0.4) is 0 Å². The van der Waals surface area contributed by atoms with Gasteiger partial charge in [0.25, 0.3) is 0 Å². The van der Waals surface area contributed by atoms with Crippen molar-refractivity contribution in [3.8, 4) is 0 Å². The Morgan fingerprint density at radius 2 is 2.00 bits per heavy atom. The van der Waals surface area contributed by atoms with E-state index in [1.54, 1.807) is 31.2 Å². The van der Waals surface area contributed by atoms with Gasteiger partial charge in [-0.3, -0.25) is 14.4 Å². The lowest BCUT2D eigenvalue weighted by Gasteiger charge is -2.07. The van der Waals surface area contributed by atoms with Gasteiger partial charge in [-0.15, -0.1) is 0 Å². The van der Waals surface area contributed by atoms with Crippen molar-refractivity contribution in [3.63, 3.8) is 0 Å². The van der Waals surface area contributed by atoms with E-state index in [0.717, 1.165) is 5.56 Å². The number of hydrogen-bond acceptors (Lipinski definition) is 4. The predicted molar refractivity (Wildman–Crippen MR) is 88.9 cm³/mol. The van der Waals surface area contributed by atoms with Gasteiger partial charge in [0.05, 0.1) is 12.3 Å². The molecule has 1 aliphatic heterocycles. The van der Waals surface area contributed by atoms with Crippen LogP contribution in [0.4, 0.5) is 10.1 Å². The van der Waals surface area contributed by atoms with E-state index in [1.807, 2.05) is 0 Å². The Balaban J connectivity index is 1.60. The first-order valence-electron chi connectivity index (χ1n) is 7.82. The molecule has 25 heavy (non-hydrogen) atoms. The molecule has 0 saturated heterocycles. The summed E-state index contributed by atoms with van der Waals surface area (Å²) >= 11 is 0. The molecule has 0 saturated carbocycles. The van der Waals surface area contributed by atoms with Crippen LogP contribution < -0.4 is 5.32 Å². The first-order valence-corrected chi connectivity index (χ1v) is 7.82. The lowest BCUT2D eigenvalue weighted by Crippen LogP contribution is -2.16. The molecule has 0 fully saturated rings. The first-order chi connectivity index (χ1) is 11.9. The number of ketones is 1. The summed E-state index contributed by atoms with van der Waals surface area (Å²) in [6, 6.07) is 10.5. The van der Waals surface area contributed by atoms with Gasteiger partial charge >= 0.3 is 5.97 Å². The summed E-state index contributed by atoms with van der Waals surface area (Å²) < 4.78 is 18.1. The van der Waals surface area contributed by atoms with E-state index < -0.39 is 18.4 Å². The normalized spacial score (nSPS) is 15.4. The minimum atomic E-state index is -0.606. The van der Waals surface area contributed by atoms with Crippen molar-refractivity contribution in [2.75, 3.05) is 11.9 Å². The monoisotopic (exact) mass is 341 g/mol. The Bertz CT molecular complexity index is 862. The molecule has 0 unspecified atom stereocenters. The van der Waals surface area contributed by atoms with Crippen LogP contribution in [0.5, 0.6) is 0 Å². The second-order valence-corrected chi connectivity index (χ2v) is 5.90. The Labute approximate surface area is 143 Å². The van der Waals surface area contributed by atoms with E-state index in [4.69, 9.17) is 4.74 Å². The maximum Gasteiger partial charge on any atom is 0.310 e. The van der Waals surface area contributed by atoms with Crippen molar-refractivity contribution in [2.45, 2.75) is 19.3 Å². The van der Waals surface area contributed by atoms with Gasteiger partial charge in [-0.25, -0.2) is 4.39 Å². The SMILES string of the molecule is C[C@H]1C(=O)Nc2ccc(C(=O)COC(=O)Cc3cccc(F)c3)cc21. The molecule has 5 nitrogen and oxygen atoms in total. The van der Waals surface area contributed by atoms with Gasteiger partial charge in [-0.1, -0.05) is 12.1 Å². The Morgan fingerprint density at radius 3 is 2.76 bits per heavy atom. The molecule has 1 amide bonds. The molecule has 2 aromatic rings. The number of benzene rings is 2. The molecule has 0 spiro atoms. The fourth-order valence-electron chi connectivity index (χ4n) is 2.68. The lowest BCUT2D eigenvalue weighted by atomic mass is 9.99. The third-order valence-corrected chi connectivity index (χ3v) is 4.09. The van der Waals surface area contributed by atoms with Crippen LogP contribution in [0, 0.1) is 5.82 Å². The van der Waals surface area contributed by atoms with E-state index in [1.165, 1.54) is 18.2 Å². The van der Waals surface area contributed by atoms with Crippen LogP contribution >= 0.6 is 0 Å². The Hall–Kier alpha value is -3.02. The molecule has 1 atom stereocenters. The number of rotatable bonds is 5. The Kier molecular flexibility index (Phi) is 4.61. The second kappa shape index (κ2) is 6.84. The molecular formula is C19H16FNO4. The minimum Gasteiger partial charge on any atom is -0.457 e. The first kappa shape index (κ1) is 16.8. The quantitative estimate of drug-likeness (QED) is 0.670. The summed E-state index contributed by atoms with van der Waals surface area (Å²) in [6.45, 7) is 1.36. The van der Waals surface area contributed by atoms with Crippen LogP contribution in [0.15, 0.2) is 42.5 Å². The lowest BCUT2D eigenvalue weighted by molar-refractivity contribution is -0.141. The maximum atomic E-state index is 13.1. The van der Waals surface area contributed by atoms with E-state index in [2.05, 4.69) is 5.32 Å². The van der Waals surface area contributed by atoms with Gasteiger partial charge < -0.3 is 10.1 Å². The van der Waals surface area contributed by atoms with Crippen LogP contribution in [0.2, 0.25) is 0 Å². The molecule has 1 heterocycles. The van der Waals surface area contributed by atoms with Crippen molar-refractivity contribution < 1.29 is 23.5 Å². The van der Waals surface area contributed by atoms with Crippen molar-refractivity contribution in [1.82, 2.24) is 0 Å². The molecule has 1 N–H and O–H groups in total. The predicted octanol–water partition coefficient (Wildman–Crippen LogP) is 2.85. The number of ether oxygens (including phenoxy) is 1. The number of fused-ring (bicyclic) bond motifs is 1. The topological polar surface area (TPSA) is 72.5 Å². The number of carbonyl (C=O) groups excluding carboxylic acids is 3. The number of nitrogens with one attached hydrogen (secondary N) is 1.